The molecule has 1 radical (unpaired) electrons. The molecule has 1 amide bonds. The molecule has 0 saturated heterocycles. The number of nitrogens with zero attached hydrogens (tertiary/aromatic N) is 1. The molecule has 0 aliphatic rings. The Bertz CT molecular complexity index is 286. The van der Waals surface area contributed by atoms with E-state index in [9.17, 15) is 4.79 Å². The van der Waals surface area contributed by atoms with Gasteiger partial charge in [0.25, 0.3) is 0 Å². The average molecular weight is 165 g/mol. The summed E-state index contributed by atoms with van der Waals surface area (Å²) in [5.74, 6) is 0.235. The molecule has 4 heteroatoms. The molecule has 12 heavy (non-hydrogen) atoms. The van der Waals surface area contributed by atoms with Crippen LogP contribution in [0.5, 0.6) is 5.88 Å². The van der Waals surface area contributed by atoms with E-state index in [1.807, 2.05) is 0 Å². The van der Waals surface area contributed by atoms with Gasteiger partial charge in [0.1, 0.15) is 5.69 Å². The first kappa shape index (κ1) is 8.52. The van der Waals surface area contributed by atoms with Crippen molar-refractivity contribution in [3.05, 3.63) is 18.3 Å². The molecule has 1 N–H and O–H groups in total. The zero-order valence-corrected chi connectivity index (χ0v) is 6.92. The van der Waals surface area contributed by atoms with Crippen LogP contribution >= 0.6 is 0 Å². The summed E-state index contributed by atoms with van der Waals surface area (Å²) in [6, 6.07) is 4.34. The van der Waals surface area contributed by atoms with Crippen LogP contribution in [0.2, 0.25) is 0 Å². The van der Waals surface area contributed by atoms with E-state index in [0.717, 1.165) is 0 Å². The average Bonchev–Trinajstić information content (AvgIpc) is 2.04. The Morgan fingerprint density at radius 3 is 3.08 bits per heavy atom. The normalized spacial score (nSPS) is 9.17. The summed E-state index contributed by atoms with van der Waals surface area (Å²) in [7, 11) is 1.49. The van der Waals surface area contributed by atoms with E-state index in [2.05, 4.69) is 16.4 Å². The fraction of sp³-hybridized carbons (Fsp3) is 0.250. The lowest BCUT2D eigenvalue weighted by Crippen LogP contribution is -2.07. The Hall–Kier alpha value is -1.58. The first-order valence-corrected chi connectivity index (χ1v) is 3.41. The van der Waals surface area contributed by atoms with Gasteiger partial charge in [-0.2, -0.15) is 0 Å². The molecular formula is C8H9N2O2. The highest BCUT2D eigenvalue weighted by molar-refractivity contribution is 5.89. The molecule has 0 atom stereocenters. The number of methoxy groups -OCH3 is 1. The van der Waals surface area contributed by atoms with Crippen LogP contribution in [0.1, 0.15) is 6.92 Å². The van der Waals surface area contributed by atoms with Crippen molar-refractivity contribution in [3.63, 3.8) is 0 Å². The minimum absolute atomic E-state index is 0.158. The number of amides is 1. The molecule has 63 valence electrons. The number of hydrogen-bond donors (Lipinski definition) is 1. The second kappa shape index (κ2) is 3.71. The van der Waals surface area contributed by atoms with E-state index >= 15 is 0 Å². The molecule has 0 saturated carbocycles. The molecule has 4 nitrogen and oxygen atoms in total. The minimum atomic E-state index is -0.158. The molecule has 1 aromatic heterocycles. The summed E-state index contributed by atoms with van der Waals surface area (Å²) in [5.41, 5.74) is 0.535. The summed E-state index contributed by atoms with van der Waals surface area (Å²) >= 11 is 0. The quantitative estimate of drug-likeness (QED) is 0.706. The second-order valence-corrected chi connectivity index (χ2v) is 2.17. The lowest BCUT2D eigenvalue weighted by atomic mass is 10.4. The van der Waals surface area contributed by atoms with Crippen LogP contribution in [0.15, 0.2) is 12.3 Å². The summed E-state index contributed by atoms with van der Waals surface area (Å²) < 4.78 is 4.90. The zero-order chi connectivity index (χ0) is 8.97. The van der Waals surface area contributed by atoms with Crippen molar-refractivity contribution in [2.45, 2.75) is 6.92 Å². The van der Waals surface area contributed by atoms with Gasteiger partial charge in [-0.05, 0) is 6.07 Å². The first-order valence-electron chi connectivity index (χ1n) is 3.41. The van der Waals surface area contributed by atoms with Gasteiger partial charge in [0.05, 0.1) is 7.11 Å². The third-order valence-corrected chi connectivity index (χ3v) is 1.22. The predicted octanol–water partition coefficient (Wildman–Crippen LogP) is 0.849. The number of carbonyl (C=O) groups excluding carboxylic acids is 1. The Balaban J connectivity index is 2.89. The Morgan fingerprint density at radius 1 is 1.75 bits per heavy atom. The van der Waals surface area contributed by atoms with Gasteiger partial charge in [-0.3, -0.25) is 4.79 Å². The number of ether oxygens (including phenoxy) is 1. The Kier molecular flexibility index (Phi) is 2.63. The number of nitrogens with one attached hydrogen (secondary N) is 1. The van der Waals surface area contributed by atoms with Crippen molar-refractivity contribution in [1.29, 1.82) is 0 Å². The maximum atomic E-state index is 10.7. The van der Waals surface area contributed by atoms with Gasteiger partial charge in [-0.25, -0.2) is 4.98 Å². The molecule has 0 aromatic carbocycles. The third kappa shape index (κ3) is 1.95. The van der Waals surface area contributed by atoms with E-state index in [0.29, 0.717) is 11.6 Å². The van der Waals surface area contributed by atoms with Gasteiger partial charge in [0.2, 0.25) is 11.8 Å². The highest BCUT2D eigenvalue weighted by atomic mass is 16.5. The largest absolute Gasteiger partial charge is 0.480 e. The van der Waals surface area contributed by atoms with E-state index < -0.39 is 0 Å². The molecule has 0 fully saturated rings. The van der Waals surface area contributed by atoms with Crippen molar-refractivity contribution in [2.75, 3.05) is 12.4 Å². The molecular weight excluding hydrogens is 156 g/mol. The van der Waals surface area contributed by atoms with Crippen LogP contribution in [0.3, 0.4) is 0 Å². The van der Waals surface area contributed by atoms with Gasteiger partial charge in [-0.15, -0.1) is 0 Å². The van der Waals surface area contributed by atoms with Crippen molar-refractivity contribution >= 4 is 11.6 Å². The van der Waals surface area contributed by atoms with Crippen LogP contribution < -0.4 is 10.1 Å². The van der Waals surface area contributed by atoms with Gasteiger partial charge in [0.15, 0.2) is 0 Å². The molecule has 0 bridgehead atoms. The lowest BCUT2D eigenvalue weighted by Gasteiger charge is -2.05. The second-order valence-electron chi connectivity index (χ2n) is 2.17. The van der Waals surface area contributed by atoms with Crippen molar-refractivity contribution in [2.24, 2.45) is 0 Å². The smallest absolute Gasteiger partial charge is 0.237 e. The fourth-order valence-corrected chi connectivity index (χ4v) is 0.790. The van der Waals surface area contributed by atoms with E-state index in [1.165, 1.54) is 20.2 Å². The van der Waals surface area contributed by atoms with Crippen molar-refractivity contribution in [1.82, 2.24) is 4.98 Å². The molecule has 0 aliphatic carbocycles. The van der Waals surface area contributed by atoms with Gasteiger partial charge in [-0.1, -0.05) is 0 Å². The number of aromatic nitrogens is 1. The van der Waals surface area contributed by atoms with Crippen LogP contribution in [0, 0.1) is 6.07 Å². The van der Waals surface area contributed by atoms with Crippen molar-refractivity contribution in [3.8, 4) is 5.88 Å². The predicted molar refractivity (Wildman–Crippen MR) is 43.9 cm³/mol. The topological polar surface area (TPSA) is 51.2 Å². The fourth-order valence-electron chi connectivity index (χ4n) is 0.790. The van der Waals surface area contributed by atoms with Crippen LogP contribution in [-0.2, 0) is 4.79 Å². The van der Waals surface area contributed by atoms with E-state index in [1.54, 1.807) is 6.07 Å². The lowest BCUT2D eigenvalue weighted by molar-refractivity contribution is -0.114. The monoisotopic (exact) mass is 165 g/mol. The van der Waals surface area contributed by atoms with Crippen LogP contribution in [0.4, 0.5) is 5.69 Å². The molecule has 1 aromatic rings. The number of pyridine rings is 1. The summed E-state index contributed by atoms with van der Waals surface area (Å²) in [6.07, 6.45) is 1.48. The number of hydrogen-bond acceptors (Lipinski definition) is 3. The third-order valence-electron chi connectivity index (χ3n) is 1.22. The molecule has 1 heterocycles. The molecule has 1 rings (SSSR count). The summed E-state index contributed by atoms with van der Waals surface area (Å²) in [4.78, 5) is 14.5. The van der Waals surface area contributed by atoms with Gasteiger partial charge >= 0.3 is 0 Å². The minimum Gasteiger partial charge on any atom is -0.480 e. The maximum Gasteiger partial charge on any atom is 0.237 e. The molecule has 0 aliphatic heterocycles. The number of carbonyl (C=O) groups is 1. The zero-order valence-electron chi connectivity index (χ0n) is 6.92. The Morgan fingerprint density at radius 2 is 2.50 bits per heavy atom. The summed E-state index contributed by atoms with van der Waals surface area (Å²) in [6.45, 7) is 1.42. The van der Waals surface area contributed by atoms with Crippen molar-refractivity contribution < 1.29 is 9.53 Å². The molecule has 0 spiro atoms. The highest BCUT2D eigenvalue weighted by Gasteiger charge is 2.03. The summed E-state index contributed by atoms with van der Waals surface area (Å²) in [5, 5.41) is 2.57. The number of anilines is 1. The molecule has 0 unspecified atom stereocenters. The van der Waals surface area contributed by atoms with Crippen LogP contribution in [0.25, 0.3) is 0 Å². The van der Waals surface area contributed by atoms with Crippen LogP contribution in [-0.4, -0.2) is 18.0 Å². The first-order chi connectivity index (χ1) is 5.74. The standard InChI is InChI=1S/C8H9N2O2/c1-6(11)10-7-4-3-5-9-8(7)12-2/h4-5H,1-2H3,(H,10,11). The van der Waals surface area contributed by atoms with Gasteiger partial charge in [0, 0.05) is 19.2 Å². The Labute approximate surface area is 70.6 Å². The SMILES string of the molecule is COc1nc[c]cc1NC(C)=O. The number of rotatable bonds is 2. The highest BCUT2D eigenvalue weighted by Crippen LogP contribution is 2.18. The van der Waals surface area contributed by atoms with E-state index in [4.69, 9.17) is 4.74 Å². The maximum absolute atomic E-state index is 10.7. The van der Waals surface area contributed by atoms with E-state index in [-0.39, 0.29) is 5.91 Å². The van der Waals surface area contributed by atoms with Gasteiger partial charge < -0.3 is 10.1 Å².